The molecule has 1 unspecified atom stereocenters. The zero-order valence-electron chi connectivity index (χ0n) is 14.2. The van der Waals surface area contributed by atoms with Crippen molar-refractivity contribution in [1.82, 2.24) is 14.7 Å². The van der Waals surface area contributed by atoms with Crippen molar-refractivity contribution in [2.75, 3.05) is 32.9 Å². The molecule has 0 bridgehead atoms. The smallest absolute Gasteiger partial charge is 0.0745 e. The maximum Gasteiger partial charge on any atom is 0.0745 e. The first-order valence-corrected chi connectivity index (χ1v) is 9.19. The van der Waals surface area contributed by atoms with Crippen LogP contribution in [0.1, 0.15) is 31.2 Å². The standard InChI is InChI=1S/C18H29N3O2/c1-20-10-16(9-19-20)8-17-18(23-13-14-2-3-14)4-6-21(17)11-15-5-7-22-12-15/h9-10,14-15,17-18H,2-8,11-13H2,1H3/t15?,17-,18-/m1/s1. The van der Waals surface area contributed by atoms with Gasteiger partial charge >= 0.3 is 0 Å². The first-order valence-electron chi connectivity index (χ1n) is 9.19. The van der Waals surface area contributed by atoms with E-state index >= 15 is 0 Å². The highest BCUT2D eigenvalue weighted by Crippen LogP contribution is 2.32. The topological polar surface area (TPSA) is 39.5 Å². The van der Waals surface area contributed by atoms with Crippen LogP contribution in [0.25, 0.3) is 0 Å². The second-order valence-corrected chi connectivity index (χ2v) is 7.62. The third kappa shape index (κ3) is 3.95. The molecule has 3 aliphatic rings. The Bertz CT molecular complexity index is 508. The number of aryl methyl sites for hydroxylation is 1. The van der Waals surface area contributed by atoms with Gasteiger partial charge in [-0.15, -0.1) is 0 Å². The summed E-state index contributed by atoms with van der Waals surface area (Å²) < 4.78 is 13.8. The van der Waals surface area contributed by atoms with E-state index in [0.717, 1.165) is 45.2 Å². The van der Waals surface area contributed by atoms with Crippen molar-refractivity contribution in [3.05, 3.63) is 18.0 Å². The minimum absolute atomic E-state index is 0.387. The fourth-order valence-corrected chi connectivity index (χ4v) is 3.99. The Kier molecular flexibility index (Phi) is 4.69. The van der Waals surface area contributed by atoms with Crippen LogP contribution in [0.3, 0.4) is 0 Å². The van der Waals surface area contributed by atoms with Crippen molar-refractivity contribution in [1.29, 1.82) is 0 Å². The molecule has 23 heavy (non-hydrogen) atoms. The van der Waals surface area contributed by atoms with Crippen molar-refractivity contribution < 1.29 is 9.47 Å². The van der Waals surface area contributed by atoms with E-state index in [1.807, 2.05) is 17.9 Å². The molecule has 1 aliphatic carbocycles. The molecule has 5 heteroatoms. The number of ether oxygens (including phenoxy) is 2. The molecule has 1 aromatic heterocycles. The number of likely N-dealkylation sites (tertiary alicyclic amines) is 1. The lowest BCUT2D eigenvalue weighted by atomic mass is 10.0. The average Bonchev–Trinajstić information content (AvgIpc) is 2.92. The normalized spacial score (nSPS) is 32.0. The van der Waals surface area contributed by atoms with E-state index in [9.17, 15) is 0 Å². The van der Waals surface area contributed by atoms with Crippen LogP contribution in [0.15, 0.2) is 12.4 Å². The molecule has 0 spiro atoms. The SMILES string of the molecule is Cn1cc(C[C@@H]2[C@H](OCC3CC3)CCN2CC2CCOC2)cn1. The number of rotatable bonds is 7. The predicted octanol–water partition coefficient (Wildman–Crippen LogP) is 1.87. The molecule has 3 atom stereocenters. The lowest BCUT2D eigenvalue weighted by Gasteiger charge is -2.29. The molecule has 4 rings (SSSR count). The molecule has 0 aromatic carbocycles. The molecular formula is C18H29N3O2. The summed E-state index contributed by atoms with van der Waals surface area (Å²) in [6.07, 6.45) is 10.7. The van der Waals surface area contributed by atoms with Crippen LogP contribution in [-0.4, -0.2) is 59.7 Å². The fourth-order valence-electron chi connectivity index (χ4n) is 3.99. The first-order chi connectivity index (χ1) is 11.3. The highest BCUT2D eigenvalue weighted by Gasteiger charge is 2.37. The third-order valence-corrected chi connectivity index (χ3v) is 5.56. The second kappa shape index (κ2) is 6.91. The van der Waals surface area contributed by atoms with Gasteiger partial charge in [0.05, 0.1) is 18.9 Å². The van der Waals surface area contributed by atoms with E-state index in [1.165, 1.54) is 31.2 Å². The Hall–Kier alpha value is -0.910. The number of nitrogens with zero attached hydrogens (tertiary/aromatic N) is 3. The molecule has 1 saturated carbocycles. The molecule has 3 heterocycles. The second-order valence-electron chi connectivity index (χ2n) is 7.62. The van der Waals surface area contributed by atoms with Gasteiger partial charge in [-0.3, -0.25) is 9.58 Å². The zero-order valence-corrected chi connectivity index (χ0v) is 14.2. The van der Waals surface area contributed by atoms with Crippen LogP contribution in [0.5, 0.6) is 0 Å². The van der Waals surface area contributed by atoms with Crippen LogP contribution in [-0.2, 0) is 22.9 Å². The summed E-state index contributed by atoms with van der Waals surface area (Å²) in [5.41, 5.74) is 1.33. The Balaban J connectivity index is 1.40. The fraction of sp³-hybridized carbons (Fsp3) is 0.833. The van der Waals surface area contributed by atoms with Crippen molar-refractivity contribution >= 4 is 0 Å². The maximum atomic E-state index is 6.31. The maximum absolute atomic E-state index is 6.31. The summed E-state index contributed by atoms with van der Waals surface area (Å²) in [6.45, 7) is 5.16. The molecule has 0 amide bonds. The van der Waals surface area contributed by atoms with Crippen molar-refractivity contribution in [3.8, 4) is 0 Å². The van der Waals surface area contributed by atoms with Gasteiger partial charge in [-0.2, -0.15) is 5.10 Å². The quantitative estimate of drug-likeness (QED) is 0.769. The first kappa shape index (κ1) is 15.6. The van der Waals surface area contributed by atoms with Gasteiger partial charge in [-0.1, -0.05) is 0 Å². The third-order valence-electron chi connectivity index (χ3n) is 5.56. The average molecular weight is 319 g/mol. The number of hydrogen-bond acceptors (Lipinski definition) is 4. The van der Waals surface area contributed by atoms with Crippen molar-refractivity contribution in [3.63, 3.8) is 0 Å². The van der Waals surface area contributed by atoms with Gasteiger partial charge in [0.2, 0.25) is 0 Å². The monoisotopic (exact) mass is 319 g/mol. The molecule has 0 radical (unpaired) electrons. The zero-order chi connectivity index (χ0) is 15.6. The van der Waals surface area contributed by atoms with Crippen LogP contribution < -0.4 is 0 Å². The number of hydrogen-bond donors (Lipinski definition) is 0. The van der Waals surface area contributed by atoms with Gasteiger partial charge in [0.25, 0.3) is 0 Å². The predicted molar refractivity (Wildman–Crippen MR) is 88.3 cm³/mol. The van der Waals surface area contributed by atoms with Gasteiger partial charge in [-0.05, 0) is 49.5 Å². The summed E-state index contributed by atoms with van der Waals surface area (Å²) in [5.74, 6) is 1.54. The Morgan fingerprint density at radius 3 is 2.87 bits per heavy atom. The number of aromatic nitrogens is 2. The summed E-state index contributed by atoms with van der Waals surface area (Å²) >= 11 is 0. The van der Waals surface area contributed by atoms with Crippen LogP contribution in [0.2, 0.25) is 0 Å². The van der Waals surface area contributed by atoms with Gasteiger partial charge in [0.15, 0.2) is 0 Å². The minimum Gasteiger partial charge on any atom is -0.381 e. The molecule has 1 aromatic rings. The molecule has 2 aliphatic heterocycles. The molecule has 0 N–H and O–H groups in total. The van der Waals surface area contributed by atoms with Gasteiger partial charge in [0.1, 0.15) is 0 Å². The molecule has 5 nitrogen and oxygen atoms in total. The van der Waals surface area contributed by atoms with E-state index in [1.54, 1.807) is 0 Å². The highest BCUT2D eigenvalue weighted by atomic mass is 16.5. The highest BCUT2D eigenvalue weighted by molar-refractivity contribution is 5.09. The summed E-state index contributed by atoms with van der Waals surface area (Å²) in [4.78, 5) is 2.66. The Morgan fingerprint density at radius 2 is 2.17 bits per heavy atom. The van der Waals surface area contributed by atoms with E-state index in [2.05, 4.69) is 16.2 Å². The van der Waals surface area contributed by atoms with Crippen LogP contribution in [0, 0.1) is 11.8 Å². The van der Waals surface area contributed by atoms with Crippen LogP contribution in [0.4, 0.5) is 0 Å². The van der Waals surface area contributed by atoms with Gasteiger partial charge < -0.3 is 9.47 Å². The summed E-state index contributed by atoms with van der Waals surface area (Å²) in [5, 5.41) is 4.33. The van der Waals surface area contributed by atoms with Gasteiger partial charge in [-0.25, -0.2) is 0 Å². The Labute approximate surface area is 138 Å². The van der Waals surface area contributed by atoms with E-state index in [0.29, 0.717) is 18.1 Å². The van der Waals surface area contributed by atoms with Gasteiger partial charge in [0, 0.05) is 45.6 Å². The van der Waals surface area contributed by atoms with Crippen molar-refractivity contribution in [2.24, 2.45) is 18.9 Å². The lowest BCUT2D eigenvalue weighted by molar-refractivity contribution is 0.0182. The van der Waals surface area contributed by atoms with E-state index < -0.39 is 0 Å². The minimum atomic E-state index is 0.387. The van der Waals surface area contributed by atoms with Crippen LogP contribution >= 0.6 is 0 Å². The Morgan fingerprint density at radius 1 is 1.26 bits per heavy atom. The van der Waals surface area contributed by atoms with Crippen molar-refractivity contribution in [2.45, 2.75) is 44.2 Å². The summed E-state index contributed by atoms with van der Waals surface area (Å²) in [6, 6.07) is 0.499. The molecule has 128 valence electrons. The molecular weight excluding hydrogens is 290 g/mol. The van der Waals surface area contributed by atoms with E-state index in [4.69, 9.17) is 9.47 Å². The van der Waals surface area contributed by atoms with E-state index in [-0.39, 0.29) is 0 Å². The summed E-state index contributed by atoms with van der Waals surface area (Å²) in [7, 11) is 1.99. The largest absolute Gasteiger partial charge is 0.381 e. The lowest BCUT2D eigenvalue weighted by Crippen LogP contribution is -2.41. The molecule has 3 fully saturated rings. The molecule has 2 saturated heterocycles.